The molecule has 2 rings (SSSR count). The zero-order valence-electron chi connectivity index (χ0n) is 10.1. The molecule has 0 aromatic heterocycles. The Labute approximate surface area is 106 Å². The number of halogens is 1. The lowest BCUT2D eigenvalue weighted by Crippen LogP contribution is -2.16. The van der Waals surface area contributed by atoms with E-state index < -0.39 is 0 Å². The smallest absolute Gasteiger partial charge is 0.125 e. The van der Waals surface area contributed by atoms with Crippen molar-refractivity contribution in [2.24, 2.45) is 0 Å². The molecule has 0 aliphatic carbocycles. The van der Waals surface area contributed by atoms with Crippen LogP contribution >= 0.6 is 0 Å². The summed E-state index contributed by atoms with van der Waals surface area (Å²) in [5, 5.41) is 8.72. The van der Waals surface area contributed by atoms with E-state index in [9.17, 15) is 4.39 Å². The Kier molecular flexibility index (Phi) is 3.59. The van der Waals surface area contributed by atoms with Crippen LogP contribution in [-0.2, 0) is 6.54 Å². The van der Waals surface area contributed by atoms with E-state index in [1.54, 1.807) is 18.2 Å². The van der Waals surface area contributed by atoms with Crippen LogP contribution in [0.15, 0.2) is 48.5 Å². The molecule has 0 unspecified atom stereocenters. The Morgan fingerprint density at radius 1 is 1.17 bits per heavy atom. The molecule has 0 amide bonds. The summed E-state index contributed by atoms with van der Waals surface area (Å²) in [6.07, 6.45) is 0. The molecular formula is C15H13FN2. The first kappa shape index (κ1) is 12.1. The van der Waals surface area contributed by atoms with Crippen molar-refractivity contribution in [3.63, 3.8) is 0 Å². The summed E-state index contributed by atoms with van der Waals surface area (Å²) in [4.78, 5) is 1.96. The lowest BCUT2D eigenvalue weighted by atomic mass is 10.1. The van der Waals surface area contributed by atoms with E-state index >= 15 is 0 Å². The highest BCUT2D eigenvalue weighted by atomic mass is 19.1. The maximum Gasteiger partial charge on any atom is 0.125 e. The van der Waals surface area contributed by atoms with Crippen LogP contribution < -0.4 is 4.90 Å². The molecular weight excluding hydrogens is 227 g/mol. The molecule has 18 heavy (non-hydrogen) atoms. The van der Waals surface area contributed by atoms with Gasteiger partial charge in [0.05, 0.1) is 11.6 Å². The zero-order chi connectivity index (χ0) is 13.0. The minimum absolute atomic E-state index is 0.237. The Morgan fingerprint density at radius 3 is 2.50 bits per heavy atom. The van der Waals surface area contributed by atoms with Crippen molar-refractivity contribution in [1.82, 2.24) is 0 Å². The fraction of sp³-hybridized carbons (Fsp3) is 0.133. The van der Waals surface area contributed by atoms with Crippen molar-refractivity contribution >= 4 is 5.69 Å². The topological polar surface area (TPSA) is 27.0 Å². The van der Waals surface area contributed by atoms with Gasteiger partial charge in [-0.15, -0.1) is 0 Å². The quantitative estimate of drug-likeness (QED) is 0.822. The molecule has 0 N–H and O–H groups in total. The van der Waals surface area contributed by atoms with Crippen LogP contribution in [0, 0.1) is 17.1 Å². The normalized spacial score (nSPS) is 9.83. The molecule has 0 heterocycles. The number of hydrogen-bond donors (Lipinski definition) is 0. The highest BCUT2D eigenvalue weighted by molar-refractivity contribution is 5.46. The van der Waals surface area contributed by atoms with Gasteiger partial charge >= 0.3 is 0 Å². The number of rotatable bonds is 3. The van der Waals surface area contributed by atoms with Gasteiger partial charge in [0.2, 0.25) is 0 Å². The number of anilines is 1. The number of hydrogen-bond acceptors (Lipinski definition) is 2. The standard InChI is InChI=1S/C15H13FN2/c1-18(15-4-2-3-14(16)9-15)11-13-7-5-12(10-17)6-8-13/h2-9H,11H2,1H3. The second-order valence-electron chi connectivity index (χ2n) is 4.14. The van der Waals surface area contributed by atoms with Crippen LogP contribution in [0.2, 0.25) is 0 Å². The molecule has 0 saturated heterocycles. The molecule has 0 aliphatic rings. The highest BCUT2D eigenvalue weighted by Crippen LogP contribution is 2.16. The molecule has 0 saturated carbocycles. The first-order valence-electron chi connectivity index (χ1n) is 5.65. The average Bonchev–Trinajstić information content (AvgIpc) is 2.39. The van der Waals surface area contributed by atoms with Crippen LogP contribution in [0.1, 0.15) is 11.1 Å². The molecule has 2 aromatic carbocycles. The summed E-state index contributed by atoms with van der Waals surface area (Å²) >= 11 is 0. The summed E-state index contributed by atoms with van der Waals surface area (Å²) in [7, 11) is 1.91. The van der Waals surface area contributed by atoms with Crippen LogP contribution in [-0.4, -0.2) is 7.05 Å². The van der Waals surface area contributed by atoms with Gasteiger partial charge in [-0.1, -0.05) is 18.2 Å². The molecule has 3 heteroatoms. The molecule has 0 atom stereocenters. The molecule has 0 aliphatic heterocycles. The third kappa shape index (κ3) is 2.86. The van der Waals surface area contributed by atoms with Gasteiger partial charge < -0.3 is 4.90 Å². The summed E-state index contributed by atoms with van der Waals surface area (Å²) in [5.41, 5.74) is 2.56. The van der Waals surface area contributed by atoms with Gasteiger partial charge in [0.25, 0.3) is 0 Å². The van der Waals surface area contributed by atoms with E-state index in [-0.39, 0.29) is 5.82 Å². The molecule has 0 fully saturated rings. The van der Waals surface area contributed by atoms with Crippen LogP contribution in [0.5, 0.6) is 0 Å². The van der Waals surface area contributed by atoms with E-state index in [1.807, 2.05) is 30.1 Å². The van der Waals surface area contributed by atoms with Gasteiger partial charge in [0.1, 0.15) is 5.82 Å². The van der Waals surface area contributed by atoms with Crippen molar-refractivity contribution < 1.29 is 4.39 Å². The lowest BCUT2D eigenvalue weighted by Gasteiger charge is -2.19. The third-order valence-corrected chi connectivity index (χ3v) is 2.75. The first-order chi connectivity index (χ1) is 8.69. The third-order valence-electron chi connectivity index (χ3n) is 2.75. The van der Waals surface area contributed by atoms with Crippen LogP contribution in [0.4, 0.5) is 10.1 Å². The summed E-state index contributed by atoms with van der Waals surface area (Å²) in [5.74, 6) is -0.237. The van der Waals surface area contributed by atoms with Gasteiger partial charge in [-0.25, -0.2) is 4.39 Å². The molecule has 2 aromatic rings. The van der Waals surface area contributed by atoms with Crippen LogP contribution in [0.3, 0.4) is 0 Å². The summed E-state index contributed by atoms with van der Waals surface area (Å²) < 4.78 is 13.1. The van der Waals surface area contributed by atoms with Crippen molar-refractivity contribution in [3.8, 4) is 6.07 Å². The van der Waals surface area contributed by atoms with Gasteiger partial charge in [-0.05, 0) is 35.9 Å². The van der Waals surface area contributed by atoms with Gasteiger partial charge in [0.15, 0.2) is 0 Å². The van der Waals surface area contributed by atoms with Crippen molar-refractivity contribution in [3.05, 3.63) is 65.5 Å². The van der Waals surface area contributed by atoms with E-state index in [4.69, 9.17) is 5.26 Å². The number of nitriles is 1. The Bertz CT molecular complexity index is 570. The summed E-state index contributed by atoms with van der Waals surface area (Å²) in [6, 6.07) is 16.0. The Hall–Kier alpha value is -2.34. The monoisotopic (exact) mass is 240 g/mol. The highest BCUT2D eigenvalue weighted by Gasteiger charge is 2.03. The molecule has 0 spiro atoms. The molecule has 90 valence electrons. The first-order valence-corrected chi connectivity index (χ1v) is 5.65. The number of nitrogens with zero attached hydrogens (tertiary/aromatic N) is 2. The van der Waals surface area contributed by atoms with Gasteiger partial charge in [0, 0.05) is 19.3 Å². The fourth-order valence-corrected chi connectivity index (χ4v) is 1.76. The molecule has 2 nitrogen and oxygen atoms in total. The summed E-state index contributed by atoms with van der Waals surface area (Å²) in [6.45, 7) is 0.676. The van der Waals surface area contributed by atoms with Gasteiger partial charge in [-0.2, -0.15) is 5.26 Å². The maximum absolute atomic E-state index is 13.1. The van der Waals surface area contributed by atoms with Crippen molar-refractivity contribution in [2.75, 3.05) is 11.9 Å². The second kappa shape index (κ2) is 5.33. The molecule has 0 radical (unpaired) electrons. The van der Waals surface area contributed by atoms with E-state index in [0.29, 0.717) is 12.1 Å². The van der Waals surface area contributed by atoms with E-state index in [1.165, 1.54) is 12.1 Å². The van der Waals surface area contributed by atoms with E-state index in [2.05, 4.69) is 6.07 Å². The predicted octanol–water partition coefficient (Wildman–Crippen LogP) is 3.33. The zero-order valence-corrected chi connectivity index (χ0v) is 10.1. The van der Waals surface area contributed by atoms with Crippen molar-refractivity contribution in [2.45, 2.75) is 6.54 Å². The SMILES string of the molecule is CN(Cc1ccc(C#N)cc1)c1cccc(F)c1. The second-order valence-corrected chi connectivity index (χ2v) is 4.14. The maximum atomic E-state index is 13.1. The Morgan fingerprint density at radius 2 is 1.89 bits per heavy atom. The lowest BCUT2D eigenvalue weighted by molar-refractivity contribution is 0.627. The minimum Gasteiger partial charge on any atom is -0.370 e. The minimum atomic E-state index is -0.237. The Balaban J connectivity index is 2.11. The van der Waals surface area contributed by atoms with Gasteiger partial charge in [-0.3, -0.25) is 0 Å². The number of benzene rings is 2. The van der Waals surface area contributed by atoms with E-state index in [0.717, 1.165) is 11.3 Å². The van der Waals surface area contributed by atoms with Crippen LogP contribution in [0.25, 0.3) is 0 Å². The predicted molar refractivity (Wildman–Crippen MR) is 69.7 cm³/mol. The average molecular weight is 240 g/mol. The molecule has 0 bridgehead atoms. The fourth-order valence-electron chi connectivity index (χ4n) is 1.76. The van der Waals surface area contributed by atoms with Crippen molar-refractivity contribution in [1.29, 1.82) is 5.26 Å². The largest absolute Gasteiger partial charge is 0.370 e.